The predicted octanol–water partition coefficient (Wildman–Crippen LogP) is 1.91. The van der Waals surface area contributed by atoms with Crippen LogP contribution in [0.3, 0.4) is 0 Å². The van der Waals surface area contributed by atoms with Crippen molar-refractivity contribution in [3.8, 4) is 0 Å². The van der Waals surface area contributed by atoms with Gasteiger partial charge in [-0.2, -0.15) is 18.3 Å². The van der Waals surface area contributed by atoms with Crippen LogP contribution in [-0.4, -0.2) is 27.8 Å². The van der Waals surface area contributed by atoms with Gasteiger partial charge in [0.2, 0.25) is 5.89 Å². The van der Waals surface area contributed by atoms with E-state index >= 15 is 0 Å². The summed E-state index contributed by atoms with van der Waals surface area (Å²) >= 11 is 0. The number of aromatic nitrogens is 3. The van der Waals surface area contributed by atoms with Crippen molar-refractivity contribution in [2.45, 2.75) is 33.1 Å². The summed E-state index contributed by atoms with van der Waals surface area (Å²) in [6, 6.07) is 0. The molecule has 0 aliphatic heterocycles. The normalized spacial score (nSPS) is 12.5. The van der Waals surface area contributed by atoms with Crippen molar-refractivity contribution in [2.24, 2.45) is 12.0 Å². The number of hydrogen-bond donors (Lipinski definition) is 2. The van der Waals surface area contributed by atoms with E-state index in [-0.39, 0.29) is 18.7 Å². The fraction of sp³-hybridized carbons (Fsp3) is 0.500. The number of hydrogen-bond acceptors (Lipinski definition) is 4. The molecule has 2 heterocycles. The summed E-state index contributed by atoms with van der Waals surface area (Å²) in [5.74, 6) is 1.53. The lowest BCUT2D eigenvalue weighted by Crippen LogP contribution is -2.36. The second kappa shape index (κ2) is 6.93. The Hall–Kier alpha value is -2.52. The SMILES string of the molecule is CN=C(NCc1nc(C)c(C)o1)NCc1cn(C)nc1C(F)(F)F. The van der Waals surface area contributed by atoms with Crippen LogP contribution >= 0.6 is 0 Å². The topological polar surface area (TPSA) is 80.3 Å². The number of rotatable bonds is 4. The van der Waals surface area contributed by atoms with Crippen LogP contribution in [0.1, 0.15) is 28.6 Å². The summed E-state index contributed by atoms with van der Waals surface area (Å²) in [4.78, 5) is 8.17. The molecule has 0 spiro atoms. The highest BCUT2D eigenvalue weighted by molar-refractivity contribution is 5.79. The number of oxazole rings is 1. The van der Waals surface area contributed by atoms with Gasteiger partial charge in [0.15, 0.2) is 11.7 Å². The Morgan fingerprint density at radius 1 is 1.29 bits per heavy atom. The van der Waals surface area contributed by atoms with Crippen molar-refractivity contribution in [2.75, 3.05) is 7.05 Å². The van der Waals surface area contributed by atoms with Gasteiger partial charge in [0.1, 0.15) is 5.76 Å². The van der Waals surface area contributed by atoms with Crippen molar-refractivity contribution in [3.05, 3.63) is 34.8 Å². The Morgan fingerprint density at radius 3 is 2.50 bits per heavy atom. The second-order valence-electron chi connectivity index (χ2n) is 5.20. The summed E-state index contributed by atoms with van der Waals surface area (Å²) < 4.78 is 45.3. The smallest absolute Gasteiger partial charge is 0.435 e. The highest BCUT2D eigenvalue weighted by Crippen LogP contribution is 2.30. The third kappa shape index (κ3) is 4.27. The van der Waals surface area contributed by atoms with Crippen molar-refractivity contribution in [1.82, 2.24) is 25.4 Å². The van der Waals surface area contributed by atoms with Gasteiger partial charge in [-0.15, -0.1) is 0 Å². The maximum absolute atomic E-state index is 12.9. The number of alkyl halides is 3. The molecule has 2 rings (SSSR count). The summed E-state index contributed by atoms with van der Waals surface area (Å²) in [5.41, 5.74) is -0.0809. The number of halogens is 3. The molecule has 0 fully saturated rings. The second-order valence-corrected chi connectivity index (χ2v) is 5.20. The Bertz CT molecular complexity index is 712. The number of nitrogens with zero attached hydrogens (tertiary/aromatic N) is 4. The van der Waals surface area contributed by atoms with Crippen molar-refractivity contribution in [3.63, 3.8) is 0 Å². The summed E-state index contributed by atoms with van der Waals surface area (Å²) in [5, 5.41) is 9.21. The maximum Gasteiger partial charge on any atom is 0.435 e. The van der Waals surface area contributed by atoms with Gasteiger partial charge < -0.3 is 15.1 Å². The fourth-order valence-electron chi connectivity index (χ4n) is 2.08. The molecule has 0 saturated heterocycles. The highest BCUT2D eigenvalue weighted by Gasteiger charge is 2.36. The first-order chi connectivity index (χ1) is 11.2. The molecular formula is C14H19F3N6O. The lowest BCUT2D eigenvalue weighted by atomic mass is 10.2. The molecule has 132 valence electrons. The number of nitrogens with one attached hydrogen (secondary N) is 2. The predicted molar refractivity (Wildman–Crippen MR) is 81.2 cm³/mol. The first-order valence-corrected chi connectivity index (χ1v) is 7.18. The third-order valence-electron chi connectivity index (χ3n) is 3.32. The lowest BCUT2D eigenvalue weighted by molar-refractivity contribution is -0.142. The molecule has 0 saturated carbocycles. The molecule has 0 unspecified atom stereocenters. The average Bonchev–Trinajstić information content (AvgIpc) is 3.02. The zero-order valence-electron chi connectivity index (χ0n) is 13.8. The van der Waals surface area contributed by atoms with Crippen LogP contribution in [0.25, 0.3) is 0 Å². The molecule has 2 aromatic rings. The van der Waals surface area contributed by atoms with E-state index in [0.29, 0.717) is 11.9 Å². The summed E-state index contributed by atoms with van der Waals surface area (Å²) in [6.45, 7) is 3.84. The zero-order chi connectivity index (χ0) is 17.9. The standard InChI is InChI=1S/C14H19F3N6O/c1-8-9(2)24-11(21-8)6-20-13(18-3)19-5-10-7-23(4)22-12(10)14(15,16)17/h7H,5-6H2,1-4H3,(H2,18,19,20). The molecule has 2 N–H and O–H groups in total. The van der Waals surface area contributed by atoms with Crippen LogP contribution in [-0.2, 0) is 26.3 Å². The Morgan fingerprint density at radius 2 is 1.96 bits per heavy atom. The molecular weight excluding hydrogens is 325 g/mol. The summed E-state index contributed by atoms with van der Waals surface area (Å²) in [7, 11) is 2.97. The number of aryl methyl sites for hydroxylation is 3. The molecule has 0 amide bonds. The van der Waals surface area contributed by atoms with Crippen molar-refractivity contribution in [1.29, 1.82) is 0 Å². The molecule has 0 bridgehead atoms. The van der Waals surface area contributed by atoms with E-state index in [2.05, 4.69) is 25.7 Å². The van der Waals surface area contributed by atoms with E-state index in [1.807, 2.05) is 6.92 Å². The molecule has 2 aromatic heterocycles. The van der Waals surface area contributed by atoms with Gasteiger partial charge in [0.05, 0.1) is 12.2 Å². The molecule has 0 radical (unpaired) electrons. The minimum absolute atomic E-state index is 0.0377. The van der Waals surface area contributed by atoms with Crippen LogP contribution in [0, 0.1) is 13.8 Å². The van der Waals surface area contributed by atoms with Gasteiger partial charge in [0.25, 0.3) is 0 Å². The van der Waals surface area contributed by atoms with Crippen LogP contribution in [0.2, 0.25) is 0 Å². The van der Waals surface area contributed by atoms with E-state index in [9.17, 15) is 13.2 Å². The minimum Gasteiger partial charge on any atom is -0.444 e. The van der Waals surface area contributed by atoms with Gasteiger partial charge >= 0.3 is 6.18 Å². The van der Waals surface area contributed by atoms with E-state index in [4.69, 9.17) is 4.42 Å². The van der Waals surface area contributed by atoms with E-state index in [0.717, 1.165) is 16.1 Å². The molecule has 7 nitrogen and oxygen atoms in total. The van der Waals surface area contributed by atoms with Crippen LogP contribution in [0.4, 0.5) is 13.2 Å². The fourth-order valence-corrected chi connectivity index (χ4v) is 2.08. The largest absolute Gasteiger partial charge is 0.444 e. The molecule has 0 aromatic carbocycles. The highest BCUT2D eigenvalue weighted by atomic mass is 19.4. The maximum atomic E-state index is 12.9. The Labute approximate surface area is 137 Å². The first kappa shape index (κ1) is 17.8. The monoisotopic (exact) mass is 344 g/mol. The third-order valence-corrected chi connectivity index (χ3v) is 3.32. The van der Waals surface area contributed by atoms with E-state index < -0.39 is 11.9 Å². The number of guanidine groups is 1. The molecule has 0 atom stereocenters. The Balaban J connectivity index is 1.97. The van der Waals surface area contributed by atoms with Gasteiger partial charge in [-0.25, -0.2) is 4.98 Å². The first-order valence-electron chi connectivity index (χ1n) is 7.18. The van der Waals surface area contributed by atoms with Gasteiger partial charge in [-0.1, -0.05) is 0 Å². The van der Waals surface area contributed by atoms with Gasteiger partial charge in [-0.3, -0.25) is 9.67 Å². The molecule has 0 aliphatic rings. The van der Waals surface area contributed by atoms with Crippen LogP contribution < -0.4 is 10.6 Å². The molecule has 10 heteroatoms. The lowest BCUT2D eigenvalue weighted by Gasteiger charge is -2.11. The number of aliphatic imine (C=N–C) groups is 1. The minimum atomic E-state index is -4.50. The van der Waals surface area contributed by atoms with Gasteiger partial charge in [-0.05, 0) is 13.8 Å². The van der Waals surface area contributed by atoms with Crippen molar-refractivity contribution >= 4 is 5.96 Å². The molecule has 0 aliphatic carbocycles. The Kier molecular flexibility index (Phi) is 5.15. The quantitative estimate of drug-likeness (QED) is 0.654. The van der Waals surface area contributed by atoms with Gasteiger partial charge in [0, 0.05) is 32.4 Å². The molecule has 24 heavy (non-hydrogen) atoms. The summed E-state index contributed by atoms with van der Waals surface area (Å²) in [6.07, 6.45) is -3.17. The van der Waals surface area contributed by atoms with E-state index in [1.54, 1.807) is 6.92 Å². The van der Waals surface area contributed by atoms with E-state index in [1.165, 1.54) is 20.3 Å². The zero-order valence-corrected chi connectivity index (χ0v) is 13.8. The van der Waals surface area contributed by atoms with Crippen LogP contribution in [0.15, 0.2) is 15.6 Å². The van der Waals surface area contributed by atoms with Crippen molar-refractivity contribution < 1.29 is 17.6 Å². The van der Waals surface area contributed by atoms with Crippen LogP contribution in [0.5, 0.6) is 0 Å². The average molecular weight is 344 g/mol.